The number of nitrogens with zero attached hydrogens (tertiary/aromatic N) is 7. The van der Waals surface area contributed by atoms with E-state index in [1.807, 2.05) is 4.42 Å². The maximum Gasteiger partial charge on any atom is 0.329 e. The molecule has 2 saturated heterocycles. The summed E-state index contributed by atoms with van der Waals surface area (Å²) in [4.78, 5) is 20.4. The van der Waals surface area contributed by atoms with Crippen molar-refractivity contribution in [1.29, 1.82) is 0 Å². The Morgan fingerprint density at radius 3 is 2.84 bits per heavy atom. The lowest BCUT2D eigenvalue weighted by atomic mass is 10.0. The lowest BCUT2D eigenvalue weighted by Gasteiger charge is -2.16. The van der Waals surface area contributed by atoms with Gasteiger partial charge in [0.2, 0.25) is 5.82 Å². The van der Waals surface area contributed by atoms with Gasteiger partial charge in [-0.1, -0.05) is 11.3 Å². The van der Waals surface area contributed by atoms with Gasteiger partial charge < -0.3 is 9.64 Å². The molecular weight excluding hydrogens is 366 g/mol. The number of thiazole rings is 1. The van der Waals surface area contributed by atoms with Gasteiger partial charge in [0.05, 0.1) is 17.7 Å². The van der Waals surface area contributed by atoms with E-state index in [2.05, 4.69) is 25.3 Å². The van der Waals surface area contributed by atoms with Gasteiger partial charge >= 0.3 is 5.97 Å². The zero-order chi connectivity index (χ0) is 17.4. The van der Waals surface area contributed by atoms with Gasteiger partial charge in [0.25, 0.3) is 0 Å². The number of halogens is 1. The molecule has 2 fully saturated rings. The summed E-state index contributed by atoms with van der Waals surface area (Å²) >= 11 is 7.63. The van der Waals surface area contributed by atoms with Crippen LogP contribution < -0.4 is 4.90 Å². The van der Waals surface area contributed by atoms with Gasteiger partial charge in [-0.2, -0.15) is 4.80 Å². The van der Waals surface area contributed by atoms with Crippen molar-refractivity contribution >= 4 is 34.2 Å². The topological polar surface area (TPSA) is 89.3 Å². The van der Waals surface area contributed by atoms with Crippen LogP contribution >= 0.6 is 23.1 Å². The predicted molar refractivity (Wildman–Crippen MR) is 92.2 cm³/mol. The maximum atomic E-state index is 11.5. The Morgan fingerprint density at radius 1 is 1.36 bits per heavy atom. The molecule has 0 N–H and O–H groups in total. The fraction of sp³-hybridized carbons (Fsp3) is 0.643. The van der Waals surface area contributed by atoms with E-state index in [0.717, 1.165) is 36.2 Å². The second-order valence-corrected chi connectivity index (χ2v) is 7.70. The number of fused-ring (bicyclic) bond motifs is 1. The molecule has 4 rings (SSSR count). The number of hydrogen-bond donors (Lipinski definition) is 0. The molecule has 4 heterocycles. The van der Waals surface area contributed by atoms with Crippen LogP contribution in [0.2, 0.25) is 0 Å². The number of tetrazole rings is 1. The van der Waals surface area contributed by atoms with Crippen molar-refractivity contribution in [3.05, 3.63) is 6.20 Å². The largest absolute Gasteiger partial charge is 0.465 e. The van der Waals surface area contributed by atoms with E-state index in [-0.39, 0.29) is 12.5 Å². The van der Waals surface area contributed by atoms with Crippen molar-refractivity contribution in [2.45, 2.75) is 13.5 Å². The molecule has 2 aromatic heterocycles. The zero-order valence-electron chi connectivity index (χ0n) is 13.7. The molecule has 2 aromatic rings. The van der Waals surface area contributed by atoms with Crippen LogP contribution in [-0.2, 0) is 16.1 Å². The smallest absolute Gasteiger partial charge is 0.329 e. The fourth-order valence-electron chi connectivity index (χ4n) is 3.34. The molecule has 2 unspecified atom stereocenters. The highest BCUT2D eigenvalue weighted by atomic mass is 35.5. The molecule has 2 atom stereocenters. The van der Waals surface area contributed by atoms with Crippen molar-refractivity contribution < 1.29 is 9.53 Å². The minimum Gasteiger partial charge on any atom is -0.465 e. The third-order valence-electron chi connectivity index (χ3n) is 4.45. The highest BCUT2D eigenvalue weighted by Gasteiger charge is 2.40. The van der Waals surface area contributed by atoms with Crippen molar-refractivity contribution in [1.82, 2.24) is 29.6 Å². The summed E-state index contributed by atoms with van der Waals surface area (Å²) in [6.45, 7) is 5.87. The standard InChI is InChI=1S/C14H18ClN7O2S/c1-2-24-12(23)8-22-18-13(17-19-22)11-3-16-14(25-11)20-4-9-6-21(15)7-10(9)5-20/h3,9-10H,2,4-8H2,1H3. The molecule has 9 nitrogen and oxygen atoms in total. The third-order valence-corrected chi connectivity index (χ3v) is 5.78. The van der Waals surface area contributed by atoms with Gasteiger partial charge in [-0.05, 0) is 35.7 Å². The number of esters is 1. The average Bonchev–Trinajstić information content (AvgIpc) is 3.28. The number of carbonyl (C=O) groups excluding carboxylic acids is 1. The number of carbonyl (C=O) groups is 1. The summed E-state index contributed by atoms with van der Waals surface area (Å²) in [7, 11) is 0. The van der Waals surface area contributed by atoms with Gasteiger partial charge in [0.1, 0.15) is 0 Å². The Bertz CT molecular complexity index is 752. The van der Waals surface area contributed by atoms with E-state index >= 15 is 0 Å². The van der Waals surface area contributed by atoms with Crippen LogP contribution in [0.25, 0.3) is 10.7 Å². The summed E-state index contributed by atoms with van der Waals surface area (Å²) in [5, 5.41) is 13.1. The predicted octanol–water partition coefficient (Wildman–Crippen LogP) is 0.881. The average molecular weight is 384 g/mol. The maximum absolute atomic E-state index is 11.5. The second kappa shape index (κ2) is 6.85. The summed E-state index contributed by atoms with van der Waals surface area (Å²) in [6, 6.07) is 0. The molecule has 0 aromatic carbocycles. The Morgan fingerprint density at radius 2 is 2.12 bits per heavy atom. The molecular formula is C14H18ClN7O2S. The zero-order valence-corrected chi connectivity index (χ0v) is 15.3. The summed E-state index contributed by atoms with van der Waals surface area (Å²) in [5.41, 5.74) is 0. The molecule has 0 radical (unpaired) electrons. The van der Waals surface area contributed by atoms with Crippen LogP contribution in [0.3, 0.4) is 0 Å². The molecule has 2 aliphatic rings. The summed E-state index contributed by atoms with van der Waals surface area (Å²) in [6.07, 6.45) is 1.76. The monoisotopic (exact) mass is 383 g/mol. The molecule has 25 heavy (non-hydrogen) atoms. The number of hydrogen-bond acceptors (Lipinski definition) is 9. The first-order valence-electron chi connectivity index (χ1n) is 8.17. The Labute approximate surface area is 153 Å². The summed E-state index contributed by atoms with van der Waals surface area (Å²) in [5.74, 6) is 1.30. The molecule has 0 bridgehead atoms. The number of ether oxygens (including phenoxy) is 1. The highest BCUT2D eigenvalue weighted by molar-refractivity contribution is 7.18. The minimum atomic E-state index is -0.381. The van der Waals surface area contributed by atoms with Crippen molar-refractivity contribution in [3.63, 3.8) is 0 Å². The SMILES string of the molecule is CCOC(=O)Cn1nnc(-c2cnc(N3CC4CN(Cl)CC4C3)s2)n1. The lowest BCUT2D eigenvalue weighted by Crippen LogP contribution is -2.24. The lowest BCUT2D eigenvalue weighted by molar-refractivity contribution is -0.144. The first-order valence-corrected chi connectivity index (χ1v) is 9.33. The minimum absolute atomic E-state index is 0.0447. The van der Waals surface area contributed by atoms with Gasteiger partial charge in [0.15, 0.2) is 11.7 Å². The Hall–Kier alpha value is -1.78. The van der Waals surface area contributed by atoms with Gasteiger partial charge in [-0.3, -0.25) is 0 Å². The van der Waals surface area contributed by atoms with Crippen molar-refractivity contribution in [2.24, 2.45) is 11.8 Å². The first-order chi connectivity index (χ1) is 12.1. The van der Waals surface area contributed by atoms with E-state index in [0.29, 0.717) is 24.3 Å². The van der Waals surface area contributed by atoms with Gasteiger partial charge in [0, 0.05) is 26.2 Å². The van der Waals surface area contributed by atoms with Gasteiger partial charge in [-0.15, -0.1) is 10.2 Å². The third kappa shape index (κ3) is 3.46. The Balaban J connectivity index is 1.42. The normalized spacial score (nSPS) is 23.2. The van der Waals surface area contributed by atoms with Crippen LogP contribution in [0.1, 0.15) is 6.92 Å². The van der Waals surface area contributed by atoms with Crippen LogP contribution in [0, 0.1) is 11.8 Å². The molecule has 11 heteroatoms. The van der Waals surface area contributed by atoms with E-state index in [4.69, 9.17) is 16.5 Å². The van der Waals surface area contributed by atoms with Crippen LogP contribution in [0.4, 0.5) is 5.13 Å². The van der Waals surface area contributed by atoms with E-state index in [1.54, 1.807) is 13.1 Å². The van der Waals surface area contributed by atoms with Crippen LogP contribution in [-0.4, -0.2) is 68.4 Å². The van der Waals surface area contributed by atoms with Crippen LogP contribution in [0.5, 0.6) is 0 Å². The Kier molecular flexibility index (Phi) is 4.57. The fourth-order valence-corrected chi connectivity index (χ4v) is 4.55. The quantitative estimate of drug-likeness (QED) is 0.555. The molecule has 0 saturated carbocycles. The molecule has 0 amide bonds. The van der Waals surface area contributed by atoms with E-state index < -0.39 is 0 Å². The van der Waals surface area contributed by atoms with Gasteiger partial charge in [-0.25, -0.2) is 14.2 Å². The first kappa shape index (κ1) is 16.7. The van der Waals surface area contributed by atoms with E-state index in [1.165, 1.54) is 16.1 Å². The second-order valence-electron chi connectivity index (χ2n) is 6.21. The molecule has 0 spiro atoms. The highest BCUT2D eigenvalue weighted by Crippen LogP contribution is 2.37. The summed E-state index contributed by atoms with van der Waals surface area (Å²) < 4.78 is 6.76. The van der Waals surface area contributed by atoms with E-state index in [9.17, 15) is 4.79 Å². The van der Waals surface area contributed by atoms with Crippen molar-refractivity contribution in [2.75, 3.05) is 37.7 Å². The van der Waals surface area contributed by atoms with Crippen LogP contribution in [0.15, 0.2) is 6.20 Å². The number of anilines is 1. The number of rotatable bonds is 5. The van der Waals surface area contributed by atoms with Crippen molar-refractivity contribution in [3.8, 4) is 10.7 Å². The molecule has 134 valence electrons. The molecule has 0 aliphatic carbocycles. The number of aromatic nitrogens is 5. The molecule has 2 aliphatic heterocycles.